The van der Waals surface area contributed by atoms with Gasteiger partial charge in [0, 0.05) is 18.6 Å². The van der Waals surface area contributed by atoms with Crippen LogP contribution >= 0.6 is 0 Å². The average Bonchev–Trinajstić information content (AvgIpc) is 2.83. The fourth-order valence-electron chi connectivity index (χ4n) is 2.36. The van der Waals surface area contributed by atoms with Crippen LogP contribution < -0.4 is 10.3 Å². The number of likely N-dealkylation sites (tertiary alicyclic amines) is 1. The van der Waals surface area contributed by atoms with Gasteiger partial charge in [0.15, 0.2) is 0 Å². The van der Waals surface area contributed by atoms with E-state index in [1.54, 1.807) is 17.9 Å². The molecule has 1 aliphatic heterocycles. The van der Waals surface area contributed by atoms with Crippen LogP contribution in [-0.4, -0.2) is 30.8 Å². The maximum Gasteiger partial charge on any atom is 0.274 e. The van der Waals surface area contributed by atoms with Crippen molar-refractivity contribution in [2.24, 2.45) is 5.10 Å². The number of quaternary nitrogens is 1. The zero-order valence-electron chi connectivity index (χ0n) is 11.8. The highest BCUT2D eigenvalue weighted by molar-refractivity contribution is 5.96. The summed E-state index contributed by atoms with van der Waals surface area (Å²) in [5, 5.41) is 4.24. The molecule has 0 radical (unpaired) electrons. The lowest BCUT2D eigenvalue weighted by atomic mass is 10.1. The first-order chi connectivity index (χ1) is 9.08. The summed E-state index contributed by atoms with van der Waals surface area (Å²) in [6.07, 6.45) is 3.43. The number of carbonyl (C=O) groups is 1. The van der Waals surface area contributed by atoms with E-state index < -0.39 is 0 Å². The second kappa shape index (κ2) is 6.02. The molecule has 2 rings (SSSR count). The summed E-state index contributed by atoms with van der Waals surface area (Å²) >= 11 is 0. The molecule has 1 aromatic rings. The molecule has 19 heavy (non-hydrogen) atoms. The topological polar surface area (TPSA) is 59.0 Å². The standard InChI is InChI=1S/C14H21N3O2/c1-10(2)17-7-4-12(5-8-17)15-16-14(18)13-6-9-19-11(13)3/h6,9-10H,4-5,7-8H2,1-3H3,(H,16,18)/p+1. The lowest BCUT2D eigenvalue weighted by Gasteiger charge is -2.27. The number of nitrogens with one attached hydrogen (secondary N) is 2. The molecule has 104 valence electrons. The zero-order chi connectivity index (χ0) is 13.8. The molecule has 1 fully saturated rings. The van der Waals surface area contributed by atoms with Crippen LogP contribution in [-0.2, 0) is 0 Å². The van der Waals surface area contributed by atoms with Crippen LogP contribution in [0.5, 0.6) is 0 Å². The number of aryl methyl sites for hydroxylation is 1. The molecule has 0 atom stereocenters. The van der Waals surface area contributed by atoms with E-state index in [-0.39, 0.29) is 5.91 Å². The van der Waals surface area contributed by atoms with Crippen molar-refractivity contribution >= 4 is 11.6 Å². The third-order valence-corrected chi connectivity index (χ3v) is 3.70. The molecule has 0 aliphatic carbocycles. The summed E-state index contributed by atoms with van der Waals surface area (Å²) in [6, 6.07) is 2.32. The minimum Gasteiger partial charge on any atom is -0.469 e. The number of hydrogen-bond acceptors (Lipinski definition) is 3. The molecule has 0 saturated carbocycles. The van der Waals surface area contributed by atoms with Crippen molar-refractivity contribution in [2.45, 2.75) is 39.7 Å². The smallest absolute Gasteiger partial charge is 0.274 e. The number of hydrogen-bond donors (Lipinski definition) is 2. The zero-order valence-corrected chi connectivity index (χ0v) is 11.8. The fourth-order valence-corrected chi connectivity index (χ4v) is 2.36. The summed E-state index contributed by atoms with van der Waals surface area (Å²) in [7, 11) is 0. The number of furan rings is 1. The van der Waals surface area contributed by atoms with E-state index in [9.17, 15) is 4.79 Å². The van der Waals surface area contributed by atoms with Gasteiger partial charge in [0.05, 0.1) is 31.0 Å². The monoisotopic (exact) mass is 264 g/mol. The maximum absolute atomic E-state index is 11.9. The highest BCUT2D eigenvalue weighted by atomic mass is 16.3. The van der Waals surface area contributed by atoms with Gasteiger partial charge in [0.25, 0.3) is 5.91 Å². The molecule has 0 spiro atoms. The second-order valence-corrected chi connectivity index (χ2v) is 5.32. The number of rotatable bonds is 3. The minimum absolute atomic E-state index is 0.197. The largest absolute Gasteiger partial charge is 0.469 e. The Kier molecular flexibility index (Phi) is 4.37. The summed E-state index contributed by atoms with van der Waals surface area (Å²) in [5.74, 6) is 0.425. The Morgan fingerprint density at radius 2 is 2.11 bits per heavy atom. The molecule has 1 amide bonds. The summed E-state index contributed by atoms with van der Waals surface area (Å²) in [5.41, 5.74) is 4.25. The average molecular weight is 264 g/mol. The van der Waals surface area contributed by atoms with Crippen LogP contribution in [0.4, 0.5) is 0 Å². The highest BCUT2D eigenvalue weighted by Crippen LogP contribution is 2.08. The summed E-state index contributed by atoms with van der Waals surface area (Å²) < 4.78 is 5.11. The van der Waals surface area contributed by atoms with Gasteiger partial charge < -0.3 is 9.32 Å². The Labute approximate surface area is 113 Å². The molecular weight excluding hydrogens is 242 g/mol. The molecule has 5 nitrogen and oxygen atoms in total. The van der Waals surface area contributed by atoms with Gasteiger partial charge in [-0.05, 0) is 26.8 Å². The van der Waals surface area contributed by atoms with Crippen molar-refractivity contribution in [2.75, 3.05) is 13.1 Å². The van der Waals surface area contributed by atoms with Crippen LogP contribution in [0.3, 0.4) is 0 Å². The van der Waals surface area contributed by atoms with E-state index in [0.717, 1.165) is 31.6 Å². The van der Waals surface area contributed by atoms with E-state index in [0.29, 0.717) is 17.4 Å². The van der Waals surface area contributed by atoms with Gasteiger partial charge in [-0.1, -0.05) is 0 Å². The van der Waals surface area contributed by atoms with Crippen molar-refractivity contribution in [3.63, 3.8) is 0 Å². The van der Waals surface area contributed by atoms with E-state index >= 15 is 0 Å². The number of nitrogens with zero attached hydrogens (tertiary/aromatic N) is 1. The molecule has 5 heteroatoms. The van der Waals surface area contributed by atoms with Gasteiger partial charge in [0.1, 0.15) is 5.76 Å². The van der Waals surface area contributed by atoms with E-state index in [1.807, 2.05) is 0 Å². The van der Waals surface area contributed by atoms with Crippen LogP contribution in [0.25, 0.3) is 0 Å². The lowest BCUT2D eigenvalue weighted by Crippen LogP contribution is -3.16. The first-order valence-corrected chi connectivity index (χ1v) is 6.82. The molecule has 2 heterocycles. The Hall–Kier alpha value is -1.62. The SMILES string of the molecule is Cc1occc1C(=O)NN=C1CC[NH+](C(C)C)CC1. The third-order valence-electron chi connectivity index (χ3n) is 3.70. The molecule has 1 aliphatic rings. The predicted octanol–water partition coefficient (Wildman–Crippen LogP) is 0.761. The fraction of sp³-hybridized carbons (Fsp3) is 0.571. The van der Waals surface area contributed by atoms with Gasteiger partial charge in [-0.3, -0.25) is 4.79 Å². The second-order valence-electron chi connectivity index (χ2n) is 5.32. The summed E-state index contributed by atoms with van der Waals surface area (Å²) in [4.78, 5) is 13.5. The molecule has 1 aromatic heterocycles. The molecular formula is C14H22N3O2+. The van der Waals surface area contributed by atoms with Crippen LogP contribution in [0, 0.1) is 6.92 Å². The predicted molar refractivity (Wildman–Crippen MR) is 73.4 cm³/mol. The molecule has 0 unspecified atom stereocenters. The Balaban J connectivity index is 1.87. The number of amides is 1. The van der Waals surface area contributed by atoms with Crippen LogP contribution in [0.1, 0.15) is 42.8 Å². The minimum atomic E-state index is -0.197. The molecule has 0 bridgehead atoms. The van der Waals surface area contributed by atoms with Crippen molar-refractivity contribution in [1.29, 1.82) is 0 Å². The molecule has 2 N–H and O–H groups in total. The first kappa shape index (κ1) is 13.8. The van der Waals surface area contributed by atoms with Gasteiger partial charge >= 0.3 is 0 Å². The van der Waals surface area contributed by atoms with Gasteiger partial charge in [-0.15, -0.1) is 0 Å². The summed E-state index contributed by atoms with van der Waals surface area (Å²) in [6.45, 7) is 8.43. The Morgan fingerprint density at radius 3 is 2.63 bits per heavy atom. The normalized spacial score (nSPS) is 19.6. The van der Waals surface area contributed by atoms with Crippen LogP contribution in [0.2, 0.25) is 0 Å². The lowest BCUT2D eigenvalue weighted by molar-refractivity contribution is -0.922. The quantitative estimate of drug-likeness (QED) is 0.792. The van der Waals surface area contributed by atoms with Crippen molar-refractivity contribution in [1.82, 2.24) is 5.43 Å². The van der Waals surface area contributed by atoms with Gasteiger partial charge in [-0.25, -0.2) is 5.43 Å². The van der Waals surface area contributed by atoms with E-state index in [4.69, 9.17) is 4.42 Å². The molecule has 0 aromatic carbocycles. The van der Waals surface area contributed by atoms with E-state index in [1.165, 1.54) is 6.26 Å². The van der Waals surface area contributed by atoms with E-state index in [2.05, 4.69) is 24.4 Å². The highest BCUT2D eigenvalue weighted by Gasteiger charge is 2.21. The first-order valence-electron chi connectivity index (χ1n) is 6.82. The maximum atomic E-state index is 11.9. The van der Waals surface area contributed by atoms with Crippen molar-refractivity contribution < 1.29 is 14.1 Å². The third kappa shape index (κ3) is 3.44. The van der Waals surface area contributed by atoms with Gasteiger partial charge in [0.2, 0.25) is 0 Å². The number of carbonyl (C=O) groups excluding carboxylic acids is 1. The van der Waals surface area contributed by atoms with Crippen molar-refractivity contribution in [3.8, 4) is 0 Å². The van der Waals surface area contributed by atoms with Crippen molar-refractivity contribution in [3.05, 3.63) is 23.7 Å². The van der Waals surface area contributed by atoms with Crippen LogP contribution in [0.15, 0.2) is 21.8 Å². The number of hydrazone groups is 1. The van der Waals surface area contributed by atoms with Gasteiger partial charge in [-0.2, -0.15) is 5.10 Å². The number of piperidine rings is 1. The Bertz CT molecular complexity index is 467. The Morgan fingerprint density at radius 1 is 1.42 bits per heavy atom. The molecule has 1 saturated heterocycles.